The van der Waals surface area contributed by atoms with E-state index in [-0.39, 0.29) is 31.4 Å². The van der Waals surface area contributed by atoms with Crippen LogP contribution in [0.3, 0.4) is 0 Å². The summed E-state index contributed by atoms with van der Waals surface area (Å²) in [5, 5.41) is 12.2. The smallest absolute Gasteiger partial charge is 0.267 e. The van der Waals surface area contributed by atoms with Crippen LogP contribution in [0.2, 0.25) is 0 Å². The summed E-state index contributed by atoms with van der Waals surface area (Å²) in [6, 6.07) is 12.9. The van der Waals surface area contributed by atoms with Crippen molar-refractivity contribution < 1.29 is 14.4 Å². The molecule has 10 nitrogen and oxygen atoms in total. The lowest BCUT2D eigenvalue weighted by Crippen LogP contribution is -2.38. The van der Waals surface area contributed by atoms with Gasteiger partial charge in [-0.15, -0.1) is 0 Å². The summed E-state index contributed by atoms with van der Waals surface area (Å²) < 4.78 is 1.08. The molecule has 0 fully saturated rings. The number of nitrogens with zero attached hydrogens (tertiary/aromatic N) is 3. The van der Waals surface area contributed by atoms with Gasteiger partial charge >= 0.3 is 0 Å². The maximum absolute atomic E-state index is 12.2. The minimum atomic E-state index is -0.402. The molecule has 0 spiro atoms. The van der Waals surface area contributed by atoms with Gasteiger partial charge in [-0.25, -0.2) is 4.68 Å². The van der Waals surface area contributed by atoms with Crippen molar-refractivity contribution >= 4 is 23.4 Å². The Morgan fingerprint density at radius 1 is 0.906 bits per heavy atom. The van der Waals surface area contributed by atoms with Crippen LogP contribution < -0.4 is 21.5 Å². The molecule has 0 saturated carbocycles. The molecule has 0 atom stereocenters. The fraction of sp³-hybridized carbons (Fsp3) is 0.182. The highest BCUT2D eigenvalue weighted by atomic mass is 16.2. The van der Waals surface area contributed by atoms with Gasteiger partial charge in [-0.2, -0.15) is 5.10 Å². The van der Waals surface area contributed by atoms with E-state index in [1.807, 2.05) is 0 Å². The normalized spacial score (nSPS) is 10.3. The fourth-order valence-electron chi connectivity index (χ4n) is 2.82. The average Bonchev–Trinajstić information content (AvgIpc) is 2.79. The highest BCUT2D eigenvalue weighted by Crippen LogP contribution is 2.13. The molecule has 0 radical (unpaired) electrons. The van der Waals surface area contributed by atoms with Gasteiger partial charge in [0.15, 0.2) is 0 Å². The van der Waals surface area contributed by atoms with Crippen molar-refractivity contribution in [2.24, 2.45) is 0 Å². The molecule has 3 N–H and O–H groups in total. The summed E-state index contributed by atoms with van der Waals surface area (Å²) in [6.45, 7) is 1.56. The van der Waals surface area contributed by atoms with Gasteiger partial charge in [0.1, 0.15) is 6.54 Å². The Labute approximate surface area is 183 Å². The summed E-state index contributed by atoms with van der Waals surface area (Å²) in [7, 11) is 0. The van der Waals surface area contributed by atoms with E-state index < -0.39 is 11.5 Å². The summed E-state index contributed by atoms with van der Waals surface area (Å²) in [6.07, 6.45) is 3.23. The Bertz CT molecular complexity index is 1160. The number of pyridine rings is 1. The number of rotatable bonds is 8. The number of aromatic nitrogens is 3. The predicted molar refractivity (Wildman–Crippen MR) is 118 cm³/mol. The molecule has 2 heterocycles. The third kappa shape index (κ3) is 6.33. The molecule has 0 aliphatic carbocycles. The number of carbonyl (C=O) groups is 3. The van der Waals surface area contributed by atoms with Gasteiger partial charge in [-0.1, -0.05) is 0 Å². The van der Waals surface area contributed by atoms with Crippen molar-refractivity contribution in [1.29, 1.82) is 0 Å². The molecule has 0 unspecified atom stereocenters. The second-order valence-corrected chi connectivity index (χ2v) is 6.81. The summed E-state index contributed by atoms with van der Waals surface area (Å²) in [5.74, 6) is -0.906. The van der Waals surface area contributed by atoms with E-state index >= 15 is 0 Å². The molecular weight excluding hydrogens is 412 g/mol. The van der Waals surface area contributed by atoms with Gasteiger partial charge in [-0.3, -0.25) is 24.2 Å². The summed E-state index contributed by atoms with van der Waals surface area (Å²) >= 11 is 0. The Morgan fingerprint density at radius 3 is 2.28 bits per heavy atom. The first-order valence-electron chi connectivity index (χ1n) is 9.83. The van der Waals surface area contributed by atoms with E-state index in [0.29, 0.717) is 16.9 Å². The third-order valence-electron chi connectivity index (χ3n) is 4.34. The van der Waals surface area contributed by atoms with E-state index in [0.717, 1.165) is 10.2 Å². The first kappa shape index (κ1) is 22.3. The number of amides is 3. The molecule has 3 aromatic rings. The zero-order valence-corrected chi connectivity index (χ0v) is 17.4. The van der Waals surface area contributed by atoms with Crippen molar-refractivity contribution in [3.8, 4) is 11.3 Å². The van der Waals surface area contributed by atoms with Crippen molar-refractivity contribution in [2.45, 2.75) is 13.5 Å². The maximum atomic E-state index is 12.2. The van der Waals surface area contributed by atoms with E-state index in [4.69, 9.17) is 0 Å². The van der Waals surface area contributed by atoms with E-state index in [9.17, 15) is 19.2 Å². The number of carbonyl (C=O) groups excluding carboxylic acids is 3. The predicted octanol–water partition coefficient (Wildman–Crippen LogP) is 0.810. The Hall–Kier alpha value is -4.34. The highest BCUT2D eigenvalue weighted by Gasteiger charge is 2.09. The van der Waals surface area contributed by atoms with Gasteiger partial charge in [-0.05, 0) is 42.5 Å². The summed E-state index contributed by atoms with van der Waals surface area (Å²) in [4.78, 5) is 51.3. The minimum absolute atomic E-state index is 0.188. The highest BCUT2D eigenvalue weighted by molar-refractivity contribution is 5.95. The first-order chi connectivity index (χ1) is 15.4. The molecular formula is C22H22N6O4. The monoisotopic (exact) mass is 434 g/mol. The van der Waals surface area contributed by atoms with Crippen LogP contribution in [0.1, 0.15) is 17.3 Å². The van der Waals surface area contributed by atoms with E-state index in [2.05, 4.69) is 26.0 Å². The van der Waals surface area contributed by atoms with Crippen molar-refractivity contribution in [1.82, 2.24) is 25.4 Å². The number of hydrogen-bond donors (Lipinski definition) is 3. The largest absolute Gasteiger partial charge is 0.353 e. The Balaban J connectivity index is 1.47. The van der Waals surface area contributed by atoms with Crippen LogP contribution in [0.5, 0.6) is 0 Å². The van der Waals surface area contributed by atoms with Gasteiger partial charge < -0.3 is 16.0 Å². The van der Waals surface area contributed by atoms with Crippen LogP contribution in [-0.2, 0) is 16.1 Å². The second kappa shape index (κ2) is 10.6. The molecule has 2 aromatic heterocycles. The average molecular weight is 434 g/mol. The van der Waals surface area contributed by atoms with Crippen LogP contribution >= 0.6 is 0 Å². The van der Waals surface area contributed by atoms with Crippen molar-refractivity contribution in [3.05, 3.63) is 76.8 Å². The summed E-state index contributed by atoms with van der Waals surface area (Å²) in [5.41, 5.74) is 1.96. The molecule has 0 aliphatic heterocycles. The van der Waals surface area contributed by atoms with Gasteiger partial charge in [0.25, 0.3) is 11.5 Å². The lowest BCUT2D eigenvalue weighted by Gasteiger charge is -2.09. The Morgan fingerprint density at radius 2 is 1.59 bits per heavy atom. The van der Waals surface area contributed by atoms with E-state index in [1.165, 1.54) is 13.0 Å². The van der Waals surface area contributed by atoms with Crippen molar-refractivity contribution in [2.75, 3.05) is 18.4 Å². The zero-order valence-electron chi connectivity index (χ0n) is 17.4. The lowest BCUT2D eigenvalue weighted by atomic mass is 10.2. The lowest BCUT2D eigenvalue weighted by molar-refractivity contribution is -0.121. The first-order valence-corrected chi connectivity index (χ1v) is 9.83. The van der Waals surface area contributed by atoms with Crippen LogP contribution in [0.15, 0.2) is 65.7 Å². The van der Waals surface area contributed by atoms with Crippen LogP contribution in [-0.4, -0.2) is 45.6 Å². The topological polar surface area (TPSA) is 135 Å². The molecule has 164 valence electrons. The van der Waals surface area contributed by atoms with Gasteiger partial charge in [0.2, 0.25) is 11.8 Å². The molecule has 10 heteroatoms. The number of nitrogens with one attached hydrogen (secondary N) is 3. The maximum Gasteiger partial charge on any atom is 0.267 e. The third-order valence-corrected chi connectivity index (χ3v) is 4.34. The van der Waals surface area contributed by atoms with Crippen LogP contribution in [0.4, 0.5) is 5.69 Å². The molecule has 0 aliphatic rings. The molecule has 0 saturated heterocycles. The molecule has 1 aromatic carbocycles. The van der Waals surface area contributed by atoms with Crippen LogP contribution in [0.25, 0.3) is 11.3 Å². The van der Waals surface area contributed by atoms with Crippen LogP contribution in [0, 0.1) is 0 Å². The number of benzene rings is 1. The SMILES string of the molecule is CC(=O)Nc1ccc(C(=O)NCCNC(=O)Cn2nc(-c3ccncc3)ccc2=O)cc1. The second-order valence-electron chi connectivity index (χ2n) is 6.81. The molecule has 0 bridgehead atoms. The van der Waals surface area contributed by atoms with Gasteiger partial charge in [0, 0.05) is 55.3 Å². The molecule has 3 amide bonds. The number of hydrogen-bond acceptors (Lipinski definition) is 6. The zero-order chi connectivity index (χ0) is 22.9. The fourth-order valence-corrected chi connectivity index (χ4v) is 2.82. The van der Waals surface area contributed by atoms with Crippen molar-refractivity contribution in [3.63, 3.8) is 0 Å². The van der Waals surface area contributed by atoms with E-state index in [1.54, 1.807) is 54.9 Å². The molecule has 3 rings (SSSR count). The number of anilines is 1. The standard InChI is InChI=1S/C22H22N6O4/c1-15(29)26-18-4-2-17(3-5-18)22(32)25-13-12-24-20(30)14-28-21(31)7-6-19(27-28)16-8-10-23-11-9-16/h2-11H,12-14H2,1H3,(H,24,30)(H,25,32)(H,26,29). The molecule has 32 heavy (non-hydrogen) atoms. The van der Waals surface area contributed by atoms with Gasteiger partial charge in [0.05, 0.1) is 5.69 Å². The minimum Gasteiger partial charge on any atom is -0.353 e. The Kier molecular flexibility index (Phi) is 7.42. The quantitative estimate of drug-likeness (QED) is 0.449.